The van der Waals surface area contributed by atoms with E-state index in [0.29, 0.717) is 26.0 Å². The van der Waals surface area contributed by atoms with Crippen LogP contribution in [0.3, 0.4) is 0 Å². The summed E-state index contributed by atoms with van der Waals surface area (Å²) < 4.78 is 10.7. The van der Waals surface area contributed by atoms with Gasteiger partial charge in [-0.3, -0.25) is 4.79 Å². The Morgan fingerprint density at radius 3 is 2.79 bits per heavy atom. The third kappa shape index (κ3) is 3.91. The van der Waals surface area contributed by atoms with Gasteiger partial charge in [0, 0.05) is 19.6 Å². The Kier molecular flexibility index (Phi) is 5.15. The van der Waals surface area contributed by atoms with Crippen molar-refractivity contribution in [1.29, 1.82) is 0 Å². The molecule has 0 aromatic carbocycles. The Bertz CT molecular complexity index is 327. The number of amides is 1. The second kappa shape index (κ2) is 6.86. The van der Waals surface area contributed by atoms with E-state index in [2.05, 4.69) is 0 Å². The highest BCUT2D eigenvalue weighted by molar-refractivity contribution is 5.84. The third-order valence-corrected chi connectivity index (χ3v) is 3.69. The first kappa shape index (κ1) is 14.3. The maximum absolute atomic E-state index is 12.1. The molecular weight excluding hydrogens is 250 g/mol. The van der Waals surface area contributed by atoms with Crippen LogP contribution in [0.25, 0.3) is 0 Å². The first-order chi connectivity index (χ1) is 9.18. The smallest absolute Gasteiger partial charge is 0.328 e. The van der Waals surface area contributed by atoms with Crippen LogP contribution in [0, 0.1) is 0 Å². The molecule has 0 aliphatic carbocycles. The quantitative estimate of drug-likeness (QED) is 0.812. The lowest BCUT2D eigenvalue weighted by molar-refractivity contribution is -0.158. The molecule has 2 aliphatic heterocycles. The van der Waals surface area contributed by atoms with Gasteiger partial charge in [-0.1, -0.05) is 0 Å². The molecule has 1 amide bonds. The minimum absolute atomic E-state index is 0.0843. The Labute approximate surface area is 112 Å². The normalized spacial score (nSPS) is 28.1. The van der Waals surface area contributed by atoms with Crippen molar-refractivity contribution in [2.75, 3.05) is 26.4 Å². The zero-order chi connectivity index (χ0) is 13.7. The average Bonchev–Trinajstić information content (AvgIpc) is 2.46. The Morgan fingerprint density at radius 2 is 2.11 bits per heavy atom. The van der Waals surface area contributed by atoms with Crippen LogP contribution >= 0.6 is 0 Å². The highest BCUT2D eigenvalue weighted by Gasteiger charge is 2.32. The monoisotopic (exact) mass is 271 g/mol. The topological polar surface area (TPSA) is 76.1 Å². The minimum Gasteiger partial charge on any atom is -0.480 e. The lowest BCUT2D eigenvalue weighted by atomic mass is 10.0. The number of aliphatic carboxylic acids is 1. The second-order valence-electron chi connectivity index (χ2n) is 5.04. The van der Waals surface area contributed by atoms with Crippen molar-refractivity contribution >= 4 is 11.9 Å². The van der Waals surface area contributed by atoms with Crippen molar-refractivity contribution in [3.8, 4) is 0 Å². The van der Waals surface area contributed by atoms with E-state index in [0.717, 1.165) is 25.9 Å². The van der Waals surface area contributed by atoms with E-state index in [9.17, 15) is 9.59 Å². The number of carbonyl (C=O) groups excluding carboxylic acids is 1. The molecule has 0 aromatic heterocycles. The molecule has 1 N–H and O–H groups in total. The fourth-order valence-electron chi connectivity index (χ4n) is 2.57. The summed E-state index contributed by atoms with van der Waals surface area (Å²) in [5.74, 6) is -1.10. The molecule has 2 heterocycles. The number of morpholine rings is 1. The number of nitrogens with zero attached hydrogens (tertiary/aromatic N) is 1. The molecule has 0 spiro atoms. The predicted octanol–water partition coefficient (Wildman–Crippen LogP) is 0.648. The molecule has 2 atom stereocenters. The van der Waals surface area contributed by atoms with E-state index in [4.69, 9.17) is 14.6 Å². The molecule has 0 unspecified atom stereocenters. The van der Waals surface area contributed by atoms with Gasteiger partial charge in [-0.15, -0.1) is 0 Å². The van der Waals surface area contributed by atoms with Crippen LogP contribution in [-0.2, 0) is 19.1 Å². The summed E-state index contributed by atoms with van der Waals surface area (Å²) >= 11 is 0. The summed E-state index contributed by atoms with van der Waals surface area (Å²) in [5.41, 5.74) is 0. The number of hydrogen-bond acceptors (Lipinski definition) is 4. The van der Waals surface area contributed by atoms with Crippen LogP contribution in [0.15, 0.2) is 0 Å². The van der Waals surface area contributed by atoms with Gasteiger partial charge in [-0.25, -0.2) is 4.79 Å². The van der Waals surface area contributed by atoms with Crippen LogP contribution in [0.4, 0.5) is 0 Å². The first-order valence-electron chi connectivity index (χ1n) is 6.90. The molecule has 2 rings (SSSR count). The third-order valence-electron chi connectivity index (χ3n) is 3.69. The van der Waals surface area contributed by atoms with Gasteiger partial charge in [0.25, 0.3) is 0 Å². The Morgan fingerprint density at radius 1 is 1.26 bits per heavy atom. The summed E-state index contributed by atoms with van der Waals surface area (Å²) in [4.78, 5) is 24.6. The van der Waals surface area contributed by atoms with Crippen molar-refractivity contribution in [3.63, 3.8) is 0 Å². The fraction of sp³-hybridized carbons (Fsp3) is 0.846. The lowest BCUT2D eigenvalue weighted by Gasteiger charge is -2.33. The largest absolute Gasteiger partial charge is 0.480 e. The van der Waals surface area contributed by atoms with Crippen LogP contribution in [-0.4, -0.2) is 60.4 Å². The number of carboxylic acids is 1. The Hall–Kier alpha value is -1.14. The SMILES string of the molecule is O=C(O)[C@H]1COCCN1C(=O)CC[C@H]1CCCCO1. The van der Waals surface area contributed by atoms with Gasteiger partial charge in [0.05, 0.1) is 19.3 Å². The minimum atomic E-state index is -0.998. The van der Waals surface area contributed by atoms with E-state index in [1.165, 1.54) is 4.90 Å². The van der Waals surface area contributed by atoms with Crippen molar-refractivity contribution in [2.24, 2.45) is 0 Å². The zero-order valence-electron chi connectivity index (χ0n) is 11.0. The number of hydrogen-bond donors (Lipinski definition) is 1. The molecule has 0 radical (unpaired) electrons. The molecule has 6 nitrogen and oxygen atoms in total. The van der Waals surface area contributed by atoms with Gasteiger partial charge < -0.3 is 19.5 Å². The molecule has 0 aromatic rings. The fourth-order valence-corrected chi connectivity index (χ4v) is 2.57. The first-order valence-corrected chi connectivity index (χ1v) is 6.90. The van der Waals surface area contributed by atoms with Crippen LogP contribution in [0.1, 0.15) is 32.1 Å². The van der Waals surface area contributed by atoms with Crippen LogP contribution < -0.4 is 0 Å². The number of rotatable bonds is 4. The molecule has 0 bridgehead atoms. The molecule has 108 valence electrons. The zero-order valence-corrected chi connectivity index (χ0v) is 11.0. The van der Waals surface area contributed by atoms with Gasteiger partial charge in [-0.2, -0.15) is 0 Å². The maximum Gasteiger partial charge on any atom is 0.328 e. The lowest BCUT2D eigenvalue weighted by Crippen LogP contribution is -2.52. The number of ether oxygens (including phenoxy) is 2. The van der Waals surface area contributed by atoms with Crippen LogP contribution in [0.5, 0.6) is 0 Å². The standard InChI is InChI=1S/C13H21NO5/c15-12(5-4-10-3-1-2-7-19-10)14-6-8-18-9-11(14)13(16)17/h10-11H,1-9H2,(H,16,17)/t10-,11-/m1/s1. The molecule has 19 heavy (non-hydrogen) atoms. The molecule has 6 heteroatoms. The molecule has 2 saturated heterocycles. The Balaban J connectivity index is 1.81. The summed E-state index contributed by atoms with van der Waals surface area (Å²) in [6, 6.07) is -0.839. The van der Waals surface area contributed by atoms with E-state index < -0.39 is 12.0 Å². The molecule has 0 saturated carbocycles. The van der Waals surface area contributed by atoms with E-state index >= 15 is 0 Å². The highest BCUT2D eigenvalue weighted by Crippen LogP contribution is 2.18. The maximum atomic E-state index is 12.1. The van der Waals surface area contributed by atoms with Crippen LogP contribution in [0.2, 0.25) is 0 Å². The summed E-state index contributed by atoms with van der Waals surface area (Å²) in [7, 11) is 0. The van der Waals surface area contributed by atoms with Crippen molar-refractivity contribution < 1.29 is 24.2 Å². The van der Waals surface area contributed by atoms with Gasteiger partial charge in [0.15, 0.2) is 6.04 Å². The summed E-state index contributed by atoms with van der Waals surface area (Å²) in [6.07, 6.45) is 4.43. The predicted molar refractivity (Wildman–Crippen MR) is 66.8 cm³/mol. The van der Waals surface area contributed by atoms with Crippen molar-refractivity contribution in [1.82, 2.24) is 4.90 Å². The summed E-state index contributed by atoms with van der Waals surface area (Å²) in [6.45, 7) is 1.63. The molecule has 2 fully saturated rings. The van der Waals surface area contributed by atoms with Crippen molar-refractivity contribution in [2.45, 2.75) is 44.2 Å². The van der Waals surface area contributed by atoms with Gasteiger partial charge in [0.2, 0.25) is 5.91 Å². The second-order valence-corrected chi connectivity index (χ2v) is 5.04. The summed E-state index contributed by atoms with van der Waals surface area (Å²) in [5, 5.41) is 9.08. The van der Waals surface area contributed by atoms with Gasteiger partial charge >= 0.3 is 5.97 Å². The van der Waals surface area contributed by atoms with E-state index in [1.807, 2.05) is 0 Å². The average molecular weight is 271 g/mol. The number of carbonyl (C=O) groups is 2. The molecule has 2 aliphatic rings. The number of carboxylic acid groups (broad SMARTS) is 1. The van der Waals surface area contributed by atoms with Crippen molar-refractivity contribution in [3.05, 3.63) is 0 Å². The van der Waals surface area contributed by atoms with E-state index in [-0.39, 0.29) is 18.6 Å². The highest BCUT2D eigenvalue weighted by atomic mass is 16.5. The molecular formula is C13H21NO5. The van der Waals surface area contributed by atoms with Gasteiger partial charge in [0.1, 0.15) is 0 Å². The van der Waals surface area contributed by atoms with Gasteiger partial charge in [-0.05, 0) is 25.7 Å². The van der Waals surface area contributed by atoms with E-state index in [1.54, 1.807) is 0 Å².